The lowest BCUT2D eigenvalue weighted by molar-refractivity contribution is 0.0951. The molecular formula is C24H24N2O2. The predicted molar refractivity (Wildman–Crippen MR) is 113 cm³/mol. The lowest BCUT2D eigenvalue weighted by Crippen LogP contribution is -2.23. The van der Waals surface area contributed by atoms with Crippen molar-refractivity contribution >= 4 is 17.5 Å². The molecule has 0 atom stereocenters. The van der Waals surface area contributed by atoms with Crippen molar-refractivity contribution in [2.24, 2.45) is 0 Å². The van der Waals surface area contributed by atoms with Crippen LogP contribution in [0.2, 0.25) is 0 Å². The van der Waals surface area contributed by atoms with Crippen molar-refractivity contribution in [2.45, 2.75) is 27.3 Å². The van der Waals surface area contributed by atoms with Gasteiger partial charge in [-0.15, -0.1) is 0 Å². The van der Waals surface area contributed by atoms with Crippen molar-refractivity contribution in [3.63, 3.8) is 0 Å². The second-order valence-electron chi connectivity index (χ2n) is 7.03. The monoisotopic (exact) mass is 372 g/mol. The van der Waals surface area contributed by atoms with Crippen molar-refractivity contribution in [1.82, 2.24) is 5.32 Å². The fourth-order valence-corrected chi connectivity index (χ4v) is 2.97. The molecule has 4 heteroatoms. The Morgan fingerprint density at radius 3 is 2.18 bits per heavy atom. The van der Waals surface area contributed by atoms with Gasteiger partial charge in [-0.3, -0.25) is 9.59 Å². The van der Waals surface area contributed by atoms with Gasteiger partial charge in [0.15, 0.2) is 0 Å². The highest BCUT2D eigenvalue weighted by atomic mass is 16.2. The summed E-state index contributed by atoms with van der Waals surface area (Å²) in [6.45, 7) is 6.39. The van der Waals surface area contributed by atoms with Crippen molar-refractivity contribution in [1.29, 1.82) is 0 Å². The summed E-state index contributed by atoms with van der Waals surface area (Å²) in [6, 6.07) is 20.7. The summed E-state index contributed by atoms with van der Waals surface area (Å²) in [5.41, 5.74) is 5.94. The van der Waals surface area contributed by atoms with Crippen LogP contribution in [0, 0.1) is 20.8 Å². The summed E-state index contributed by atoms with van der Waals surface area (Å²) in [7, 11) is 0. The number of carbonyl (C=O) groups is 2. The molecule has 0 aliphatic carbocycles. The Labute approximate surface area is 165 Å². The van der Waals surface area contributed by atoms with Crippen LogP contribution in [0.4, 0.5) is 5.69 Å². The van der Waals surface area contributed by atoms with Crippen molar-refractivity contribution in [3.05, 3.63) is 100 Å². The first-order chi connectivity index (χ1) is 13.4. The van der Waals surface area contributed by atoms with Gasteiger partial charge in [0.2, 0.25) is 0 Å². The van der Waals surface area contributed by atoms with Gasteiger partial charge in [0.25, 0.3) is 11.8 Å². The maximum atomic E-state index is 12.6. The molecule has 0 aromatic heterocycles. The zero-order valence-electron chi connectivity index (χ0n) is 16.4. The molecule has 0 spiro atoms. The van der Waals surface area contributed by atoms with Crippen LogP contribution in [-0.2, 0) is 6.54 Å². The topological polar surface area (TPSA) is 58.2 Å². The van der Waals surface area contributed by atoms with Crippen LogP contribution in [0.25, 0.3) is 0 Å². The Morgan fingerprint density at radius 1 is 0.750 bits per heavy atom. The van der Waals surface area contributed by atoms with E-state index in [1.54, 1.807) is 24.3 Å². The maximum Gasteiger partial charge on any atom is 0.255 e. The zero-order chi connectivity index (χ0) is 20.1. The molecule has 3 rings (SSSR count). The Bertz CT molecular complexity index is 1020. The van der Waals surface area contributed by atoms with Crippen LogP contribution in [0.1, 0.15) is 43.0 Å². The molecule has 0 saturated heterocycles. The third-order valence-corrected chi connectivity index (χ3v) is 4.56. The van der Waals surface area contributed by atoms with E-state index in [0.717, 1.165) is 27.9 Å². The van der Waals surface area contributed by atoms with Crippen molar-refractivity contribution in [3.8, 4) is 0 Å². The van der Waals surface area contributed by atoms with E-state index >= 15 is 0 Å². The molecule has 2 N–H and O–H groups in total. The number of aryl methyl sites for hydroxylation is 3. The number of hydrogen-bond donors (Lipinski definition) is 2. The smallest absolute Gasteiger partial charge is 0.255 e. The molecule has 0 radical (unpaired) electrons. The highest BCUT2D eigenvalue weighted by Gasteiger charge is 2.12. The van der Waals surface area contributed by atoms with E-state index in [2.05, 4.69) is 10.6 Å². The van der Waals surface area contributed by atoms with Gasteiger partial charge in [-0.25, -0.2) is 0 Å². The number of amides is 2. The third-order valence-electron chi connectivity index (χ3n) is 4.56. The summed E-state index contributed by atoms with van der Waals surface area (Å²) in [6.07, 6.45) is 0. The minimum absolute atomic E-state index is 0.206. The van der Waals surface area contributed by atoms with Crippen LogP contribution in [0.3, 0.4) is 0 Å². The van der Waals surface area contributed by atoms with Gasteiger partial charge in [0.1, 0.15) is 0 Å². The Balaban J connectivity index is 1.69. The molecule has 0 aliphatic rings. The predicted octanol–water partition coefficient (Wildman–Crippen LogP) is 4.79. The lowest BCUT2D eigenvalue weighted by Gasteiger charge is -2.11. The fraction of sp³-hybridized carbons (Fsp3) is 0.167. The van der Waals surface area contributed by atoms with Crippen LogP contribution in [0.15, 0.2) is 66.7 Å². The number of hydrogen-bond acceptors (Lipinski definition) is 2. The average molecular weight is 372 g/mol. The second kappa shape index (κ2) is 8.53. The van der Waals surface area contributed by atoms with Gasteiger partial charge >= 0.3 is 0 Å². The SMILES string of the molecule is Cc1cccc(CNC(=O)c2cccc(C(=O)Nc3cc(C)ccc3C)c2)c1. The summed E-state index contributed by atoms with van der Waals surface area (Å²) >= 11 is 0. The quantitative estimate of drug-likeness (QED) is 0.676. The van der Waals surface area contributed by atoms with Gasteiger partial charge in [0, 0.05) is 23.4 Å². The van der Waals surface area contributed by atoms with Gasteiger partial charge in [-0.05, 0) is 61.7 Å². The summed E-state index contributed by atoms with van der Waals surface area (Å²) in [4.78, 5) is 25.1. The first kappa shape index (κ1) is 19.4. The molecule has 2 amide bonds. The standard InChI is InChI=1S/C24H24N2O2/c1-16-6-4-7-19(12-16)15-25-23(27)20-8-5-9-21(14-20)24(28)26-22-13-17(2)10-11-18(22)3/h4-14H,15H2,1-3H3,(H,25,27)(H,26,28). The molecule has 3 aromatic carbocycles. The minimum atomic E-state index is -0.234. The number of nitrogens with one attached hydrogen (secondary N) is 2. The molecule has 0 bridgehead atoms. The van der Waals surface area contributed by atoms with Gasteiger partial charge in [-0.1, -0.05) is 48.0 Å². The van der Waals surface area contributed by atoms with Crippen LogP contribution in [-0.4, -0.2) is 11.8 Å². The summed E-state index contributed by atoms with van der Waals surface area (Å²) < 4.78 is 0. The van der Waals surface area contributed by atoms with Crippen LogP contribution >= 0.6 is 0 Å². The van der Waals surface area contributed by atoms with Gasteiger partial charge in [0.05, 0.1) is 0 Å². The molecule has 0 fully saturated rings. The number of rotatable bonds is 5. The van der Waals surface area contributed by atoms with Gasteiger partial charge in [-0.2, -0.15) is 0 Å². The highest BCUT2D eigenvalue weighted by molar-refractivity contribution is 6.06. The fourth-order valence-electron chi connectivity index (χ4n) is 2.97. The second-order valence-corrected chi connectivity index (χ2v) is 7.03. The lowest BCUT2D eigenvalue weighted by atomic mass is 10.1. The number of carbonyl (C=O) groups excluding carboxylic acids is 2. The van der Waals surface area contributed by atoms with Crippen LogP contribution in [0.5, 0.6) is 0 Å². The molecule has 28 heavy (non-hydrogen) atoms. The van der Waals surface area contributed by atoms with Gasteiger partial charge < -0.3 is 10.6 Å². The summed E-state index contributed by atoms with van der Waals surface area (Å²) in [5.74, 6) is -0.440. The first-order valence-corrected chi connectivity index (χ1v) is 9.25. The minimum Gasteiger partial charge on any atom is -0.348 e. The maximum absolute atomic E-state index is 12.6. The Morgan fingerprint density at radius 2 is 1.43 bits per heavy atom. The molecule has 0 heterocycles. The molecule has 0 unspecified atom stereocenters. The first-order valence-electron chi connectivity index (χ1n) is 9.25. The van der Waals surface area contributed by atoms with E-state index in [1.165, 1.54) is 0 Å². The largest absolute Gasteiger partial charge is 0.348 e. The molecule has 0 aliphatic heterocycles. The Hall–Kier alpha value is -3.40. The molecular weight excluding hydrogens is 348 g/mol. The third kappa shape index (κ3) is 4.86. The summed E-state index contributed by atoms with van der Waals surface area (Å²) in [5, 5.41) is 5.83. The van der Waals surface area contributed by atoms with Crippen molar-refractivity contribution in [2.75, 3.05) is 5.32 Å². The van der Waals surface area contributed by atoms with Crippen molar-refractivity contribution < 1.29 is 9.59 Å². The molecule has 3 aromatic rings. The van der Waals surface area contributed by atoms with E-state index < -0.39 is 0 Å². The molecule has 4 nitrogen and oxygen atoms in total. The van der Waals surface area contributed by atoms with E-state index in [9.17, 15) is 9.59 Å². The van der Waals surface area contributed by atoms with Crippen LogP contribution < -0.4 is 10.6 Å². The number of benzene rings is 3. The average Bonchev–Trinajstić information content (AvgIpc) is 2.69. The van der Waals surface area contributed by atoms with E-state index in [1.807, 2.05) is 63.2 Å². The molecule has 0 saturated carbocycles. The highest BCUT2D eigenvalue weighted by Crippen LogP contribution is 2.18. The normalized spacial score (nSPS) is 10.4. The van der Waals surface area contributed by atoms with E-state index in [0.29, 0.717) is 17.7 Å². The van der Waals surface area contributed by atoms with E-state index in [-0.39, 0.29) is 11.8 Å². The molecule has 142 valence electrons. The Kier molecular flexibility index (Phi) is 5.90. The number of anilines is 1. The van der Waals surface area contributed by atoms with E-state index in [4.69, 9.17) is 0 Å². The zero-order valence-corrected chi connectivity index (χ0v) is 16.4.